The van der Waals surface area contributed by atoms with E-state index in [4.69, 9.17) is 21.8 Å². The molecule has 1 aromatic heterocycles. The van der Waals surface area contributed by atoms with E-state index in [9.17, 15) is 9.59 Å². The molecule has 0 saturated heterocycles. The topological polar surface area (TPSA) is 90.4 Å². The highest BCUT2D eigenvalue weighted by Crippen LogP contribution is 2.20. The maximum absolute atomic E-state index is 10.8. The molecule has 0 unspecified atom stereocenters. The Morgan fingerprint density at radius 2 is 1.80 bits per heavy atom. The van der Waals surface area contributed by atoms with Gasteiger partial charge in [0, 0.05) is 11.1 Å². The molecule has 1 heterocycles. The lowest BCUT2D eigenvalue weighted by molar-refractivity contribution is 0.0689. The Hall–Kier alpha value is -1.75. The third-order valence-corrected chi connectivity index (χ3v) is 2.08. The third kappa shape index (κ3) is 2.02. The Morgan fingerprint density at radius 3 is 2.20 bits per heavy atom. The first-order valence-corrected chi connectivity index (χ1v) is 4.38. The zero-order valence-electron chi connectivity index (χ0n) is 7.74. The summed E-state index contributed by atoms with van der Waals surface area (Å²) < 4.78 is 0. The quantitative estimate of drug-likeness (QED) is 0.739. The maximum Gasteiger partial charge on any atom is 0.352 e. The number of rotatable bonds is 3. The molecule has 80 valence electrons. The standard InChI is InChI=1S/C9H8ClNO4/c1-4-5(2-3-10)7(9(14)15)11-6(4)8(12)13/h2-3,11H,1H3,(H,12,13)(H,14,15)/b3-2+. The minimum absolute atomic E-state index is 0.142. The predicted octanol–water partition coefficient (Wildman–Crippen LogP) is 1.93. The molecule has 1 rings (SSSR count). The molecule has 6 heteroatoms. The first-order valence-electron chi connectivity index (χ1n) is 3.95. The molecule has 0 aromatic carbocycles. The van der Waals surface area contributed by atoms with E-state index in [-0.39, 0.29) is 17.0 Å². The molecule has 3 N–H and O–H groups in total. The Labute approximate surface area is 90.0 Å². The van der Waals surface area contributed by atoms with Crippen molar-refractivity contribution >= 4 is 29.6 Å². The maximum atomic E-state index is 10.8. The van der Waals surface area contributed by atoms with E-state index in [0.717, 1.165) is 5.54 Å². The molecule has 0 fully saturated rings. The molecule has 0 aliphatic carbocycles. The van der Waals surface area contributed by atoms with Crippen LogP contribution in [0.2, 0.25) is 0 Å². The fourth-order valence-electron chi connectivity index (χ4n) is 1.26. The number of aromatic carboxylic acids is 2. The second-order valence-electron chi connectivity index (χ2n) is 2.82. The Morgan fingerprint density at radius 1 is 1.27 bits per heavy atom. The third-order valence-electron chi connectivity index (χ3n) is 1.96. The van der Waals surface area contributed by atoms with Crippen molar-refractivity contribution in [2.45, 2.75) is 6.92 Å². The van der Waals surface area contributed by atoms with E-state index >= 15 is 0 Å². The van der Waals surface area contributed by atoms with E-state index < -0.39 is 11.9 Å². The van der Waals surface area contributed by atoms with Gasteiger partial charge in [-0.05, 0) is 18.6 Å². The van der Waals surface area contributed by atoms with E-state index in [1.54, 1.807) is 0 Å². The van der Waals surface area contributed by atoms with Crippen molar-refractivity contribution in [3.8, 4) is 0 Å². The van der Waals surface area contributed by atoms with Crippen molar-refractivity contribution in [1.82, 2.24) is 4.98 Å². The van der Waals surface area contributed by atoms with Crippen molar-refractivity contribution in [1.29, 1.82) is 0 Å². The summed E-state index contributed by atoms with van der Waals surface area (Å²) in [6, 6.07) is 0. The van der Waals surface area contributed by atoms with Gasteiger partial charge in [0.05, 0.1) is 0 Å². The molecule has 0 aliphatic heterocycles. The highest BCUT2D eigenvalue weighted by molar-refractivity contribution is 6.27. The molecule has 0 radical (unpaired) electrons. The molecule has 0 amide bonds. The van der Waals surface area contributed by atoms with E-state index in [0.29, 0.717) is 5.56 Å². The normalized spacial score (nSPS) is 10.8. The lowest BCUT2D eigenvalue weighted by Crippen LogP contribution is -2.01. The van der Waals surface area contributed by atoms with Crippen LogP contribution in [0.15, 0.2) is 5.54 Å². The van der Waals surface area contributed by atoms with Gasteiger partial charge < -0.3 is 15.2 Å². The van der Waals surface area contributed by atoms with Gasteiger partial charge in [-0.3, -0.25) is 0 Å². The molecular formula is C9H8ClNO4. The molecule has 0 saturated carbocycles. The second-order valence-corrected chi connectivity index (χ2v) is 3.07. The van der Waals surface area contributed by atoms with Gasteiger partial charge in [-0.1, -0.05) is 11.6 Å². The SMILES string of the molecule is Cc1c(C(=O)O)[nH]c(C(=O)O)c1/C=C/Cl. The summed E-state index contributed by atoms with van der Waals surface area (Å²) in [7, 11) is 0. The van der Waals surface area contributed by atoms with Crippen LogP contribution in [-0.4, -0.2) is 27.1 Å². The average Bonchev–Trinajstić information content (AvgIpc) is 2.45. The first-order chi connectivity index (χ1) is 6.99. The summed E-state index contributed by atoms with van der Waals surface area (Å²) in [6.07, 6.45) is 1.34. The summed E-state index contributed by atoms with van der Waals surface area (Å²) in [5, 5.41) is 17.6. The van der Waals surface area contributed by atoms with Crippen LogP contribution >= 0.6 is 11.6 Å². The van der Waals surface area contributed by atoms with Crippen molar-refractivity contribution in [2.24, 2.45) is 0 Å². The zero-order valence-corrected chi connectivity index (χ0v) is 8.50. The summed E-state index contributed by atoms with van der Waals surface area (Å²) >= 11 is 5.34. The van der Waals surface area contributed by atoms with Gasteiger partial charge in [0.15, 0.2) is 0 Å². The first kappa shape index (κ1) is 11.3. The summed E-state index contributed by atoms with van der Waals surface area (Å²) in [4.78, 5) is 23.8. The van der Waals surface area contributed by atoms with Crippen molar-refractivity contribution in [2.75, 3.05) is 0 Å². The van der Waals surface area contributed by atoms with E-state index in [2.05, 4.69) is 4.98 Å². The van der Waals surface area contributed by atoms with E-state index in [1.165, 1.54) is 13.0 Å². The monoisotopic (exact) mass is 229 g/mol. The summed E-state index contributed by atoms with van der Waals surface area (Å²) in [5.74, 6) is -2.43. The van der Waals surface area contributed by atoms with Gasteiger partial charge in [-0.15, -0.1) is 0 Å². The lowest BCUT2D eigenvalue weighted by Gasteiger charge is -1.93. The smallest absolute Gasteiger partial charge is 0.352 e. The highest BCUT2D eigenvalue weighted by atomic mass is 35.5. The second kappa shape index (κ2) is 4.18. The molecule has 1 aromatic rings. The Balaban J connectivity index is 3.46. The van der Waals surface area contributed by atoms with Crippen LogP contribution < -0.4 is 0 Å². The fourth-order valence-corrected chi connectivity index (χ4v) is 1.39. The van der Waals surface area contributed by atoms with Crippen LogP contribution in [0, 0.1) is 6.92 Å². The van der Waals surface area contributed by atoms with Gasteiger partial charge in [-0.25, -0.2) is 9.59 Å². The number of nitrogens with one attached hydrogen (secondary N) is 1. The van der Waals surface area contributed by atoms with Crippen LogP contribution in [0.5, 0.6) is 0 Å². The number of hydrogen-bond donors (Lipinski definition) is 3. The van der Waals surface area contributed by atoms with Crippen LogP contribution in [-0.2, 0) is 0 Å². The lowest BCUT2D eigenvalue weighted by atomic mass is 10.1. The fraction of sp³-hybridized carbons (Fsp3) is 0.111. The van der Waals surface area contributed by atoms with Gasteiger partial charge in [0.25, 0.3) is 0 Å². The number of hydrogen-bond acceptors (Lipinski definition) is 2. The number of aromatic amines is 1. The molecule has 0 bridgehead atoms. The van der Waals surface area contributed by atoms with Crippen LogP contribution in [0.4, 0.5) is 0 Å². The van der Waals surface area contributed by atoms with Crippen molar-refractivity contribution in [3.63, 3.8) is 0 Å². The molecule has 0 atom stereocenters. The van der Waals surface area contributed by atoms with Crippen LogP contribution in [0.3, 0.4) is 0 Å². The number of H-pyrrole nitrogens is 1. The van der Waals surface area contributed by atoms with Crippen LogP contribution in [0.25, 0.3) is 6.08 Å². The van der Waals surface area contributed by atoms with Gasteiger partial charge >= 0.3 is 11.9 Å². The van der Waals surface area contributed by atoms with Gasteiger partial charge in [0.1, 0.15) is 11.4 Å². The summed E-state index contributed by atoms with van der Waals surface area (Å²) in [6.45, 7) is 1.51. The minimum atomic E-state index is -1.23. The largest absolute Gasteiger partial charge is 0.477 e. The number of carboxylic acid groups (broad SMARTS) is 2. The predicted molar refractivity (Wildman–Crippen MR) is 54.3 cm³/mol. The van der Waals surface area contributed by atoms with Gasteiger partial charge in [-0.2, -0.15) is 0 Å². The highest BCUT2D eigenvalue weighted by Gasteiger charge is 2.20. The summed E-state index contributed by atoms with van der Waals surface area (Å²) in [5.41, 5.74) is 1.43. The van der Waals surface area contributed by atoms with Crippen molar-refractivity contribution in [3.05, 3.63) is 28.0 Å². The molecular weight excluding hydrogens is 222 g/mol. The molecule has 5 nitrogen and oxygen atoms in total. The molecule has 15 heavy (non-hydrogen) atoms. The van der Waals surface area contributed by atoms with E-state index in [1.807, 2.05) is 0 Å². The number of aromatic nitrogens is 1. The van der Waals surface area contributed by atoms with Crippen LogP contribution in [0.1, 0.15) is 32.1 Å². The average molecular weight is 230 g/mol. The zero-order chi connectivity index (χ0) is 11.6. The number of carboxylic acids is 2. The molecule has 0 aliphatic rings. The number of carbonyl (C=O) groups is 2. The minimum Gasteiger partial charge on any atom is -0.477 e. The Kier molecular flexibility index (Phi) is 3.16. The van der Waals surface area contributed by atoms with Crippen molar-refractivity contribution < 1.29 is 19.8 Å². The number of halogens is 1. The van der Waals surface area contributed by atoms with Gasteiger partial charge in [0.2, 0.25) is 0 Å². The molecule has 0 spiro atoms. The Bertz CT molecular complexity index is 447.